The smallest absolute Gasteiger partial charge is 0.184 e. The molecule has 2 nitrogen and oxygen atoms in total. The molecule has 0 spiro atoms. The van der Waals surface area contributed by atoms with Gasteiger partial charge in [0.05, 0.1) is 6.61 Å². The van der Waals surface area contributed by atoms with Gasteiger partial charge in [-0.3, -0.25) is 0 Å². The molecule has 0 aliphatic heterocycles. The third-order valence-corrected chi connectivity index (χ3v) is 1.62. The van der Waals surface area contributed by atoms with Gasteiger partial charge in [-0.25, -0.2) is 0 Å². The quantitative estimate of drug-likeness (QED) is 0.423. The summed E-state index contributed by atoms with van der Waals surface area (Å²) in [4.78, 5) is 9.75. The number of rotatable bonds is 3. The van der Waals surface area contributed by atoms with Crippen LogP contribution in [0.5, 0.6) is 0 Å². The van der Waals surface area contributed by atoms with Crippen molar-refractivity contribution in [1.29, 1.82) is 0 Å². The Hall–Kier alpha value is -0.153. The van der Waals surface area contributed by atoms with Crippen molar-refractivity contribution in [3.05, 3.63) is 0 Å². The van der Waals surface area contributed by atoms with Gasteiger partial charge in [-0.1, -0.05) is 0 Å². The first-order chi connectivity index (χ1) is 3.56. The Morgan fingerprint density at radius 1 is 1.50 bits per heavy atom. The van der Waals surface area contributed by atoms with Crippen LogP contribution in [-0.4, -0.2) is 21.2 Å². The zero-order valence-corrected chi connectivity index (χ0v) is 6.60. The summed E-state index contributed by atoms with van der Waals surface area (Å²) in [5.41, 5.74) is 0. The Morgan fingerprint density at radius 2 is 2.00 bits per heavy atom. The summed E-state index contributed by atoms with van der Waals surface area (Å²) in [6.45, 7) is 6.42. The summed E-state index contributed by atoms with van der Waals surface area (Å²) in [5.74, 6) is 0. The maximum absolute atomic E-state index is 9.75. The van der Waals surface area contributed by atoms with E-state index in [1.165, 1.54) is 0 Å². The van der Waals surface area contributed by atoms with E-state index in [1.54, 1.807) is 0 Å². The highest BCUT2D eigenvalue weighted by molar-refractivity contribution is 6.69. The van der Waals surface area contributed by atoms with E-state index in [4.69, 9.17) is 4.43 Å². The molecule has 0 aromatic carbocycles. The second kappa shape index (κ2) is 2.99. The van der Waals surface area contributed by atoms with Crippen LogP contribution < -0.4 is 0 Å². The van der Waals surface area contributed by atoms with Crippen LogP contribution >= 0.6 is 0 Å². The van der Waals surface area contributed by atoms with Gasteiger partial charge in [-0.2, -0.15) is 0 Å². The predicted molar refractivity (Wildman–Crippen MR) is 35.4 cm³/mol. The lowest BCUT2D eigenvalue weighted by Gasteiger charge is -2.13. The molecule has 0 aromatic heterocycles. The monoisotopic (exact) mass is 132 g/mol. The van der Waals surface area contributed by atoms with Crippen molar-refractivity contribution in [2.45, 2.75) is 19.6 Å². The number of hydrogen-bond acceptors (Lipinski definition) is 2. The molecule has 0 aliphatic rings. The van der Waals surface area contributed by atoms with E-state index >= 15 is 0 Å². The molecule has 0 unspecified atom stereocenters. The molecular weight excluding hydrogens is 120 g/mol. The molecule has 0 saturated heterocycles. The van der Waals surface area contributed by atoms with Gasteiger partial charge in [0, 0.05) is 0 Å². The Balaban J connectivity index is 3.24. The lowest BCUT2D eigenvalue weighted by atomic mass is 10.9. The highest BCUT2D eigenvalue weighted by Gasteiger charge is 2.12. The molecule has 0 amide bonds. The third kappa shape index (κ3) is 5.85. The topological polar surface area (TPSA) is 26.3 Å². The highest BCUT2D eigenvalue weighted by atomic mass is 28.4. The normalized spacial score (nSPS) is 11.4. The average molecular weight is 132 g/mol. The first-order valence-electron chi connectivity index (χ1n) is 2.64. The standard InChI is InChI=1S/C5H12O2Si/c1-8(2,3)7-5-4-6/h4H,5H2,1-3H3. The molecule has 0 N–H and O–H groups in total. The van der Waals surface area contributed by atoms with Crippen molar-refractivity contribution in [3.8, 4) is 0 Å². The van der Waals surface area contributed by atoms with E-state index < -0.39 is 8.32 Å². The summed E-state index contributed by atoms with van der Waals surface area (Å²) in [6, 6.07) is 0. The lowest BCUT2D eigenvalue weighted by molar-refractivity contribution is -0.109. The Labute approximate surface area is 51.0 Å². The first-order valence-corrected chi connectivity index (χ1v) is 6.04. The Bertz CT molecular complexity index is 75.0. The van der Waals surface area contributed by atoms with Crippen LogP contribution in [-0.2, 0) is 9.22 Å². The minimum absolute atomic E-state index is 0.260. The molecule has 8 heavy (non-hydrogen) atoms. The molecule has 0 radical (unpaired) electrons. The fourth-order valence-corrected chi connectivity index (χ4v) is 0.852. The SMILES string of the molecule is C[Si](C)(C)OCC=O. The van der Waals surface area contributed by atoms with Crippen LogP contribution in [0.25, 0.3) is 0 Å². The largest absolute Gasteiger partial charge is 0.411 e. The zero-order valence-electron chi connectivity index (χ0n) is 5.60. The number of aldehydes is 1. The van der Waals surface area contributed by atoms with E-state index in [1.807, 2.05) is 0 Å². The van der Waals surface area contributed by atoms with E-state index in [-0.39, 0.29) is 6.61 Å². The maximum atomic E-state index is 9.75. The summed E-state index contributed by atoms with van der Waals surface area (Å²) < 4.78 is 5.15. The minimum Gasteiger partial charge on any atom is -0.411 e. The molecule has 48 valence electrons. The molecule has 0 rings (SSSR count). The molecule has 0 bridgehead atoms. The number of carbonyl (C=O) groups excluding carboxylic acids is 1. The molecule has 3 heteroatoms. The van der Waals surface area contributed by atoms with Crippen LogP contribution in [0.2, 0.25) is 19.6 Å². The van der Waals surface area contributed by atoms with E-state index in [0.717, 1.165) is 6.29 Å². The van der Waals surface area contributed by atoms with Crippen molar-refractivity contribution in [3.63, 3.8) is 0 Å². The molecule has 0 fully saturated rings. The minimum atomic E-state index is -1.41. The number of hydrogen-bond donors (Lipinski definition) is 0. The maximum Gasteiger partial charge on any atom is 0.184 e. The average Bonchev–Trinajstić information content (AvgIpc) is 1.59. The summed E-state index contributed by atoms with van der Waals surface area (Å²) in [6.07, 6.45) is 0.790. The van der Waals surface area contributed by atoms with Gasteiger partial charge < -0.3 is 9.22 Å². The van der Waals surface area contributed by atoms with Gasteiger partial charge in [0.2, 0.25) is 0 Å². The van der Waals surface area contributed by atoms with Crippen molar-refractivity contribution in [2.75, 3.05) is 6.61 Å². The second-order valence-corrected chi connectivity index (χ2v) is 7.10. The van der Waals surface area contributed by atoms with Gasteiger partial charge in [-0.15, -0.1) is 0 Å². The first kappa shape index (κ1) is 7.85. The fourth-order valence-electron chi connectivity index (χ4n) is 0.284. The van der Waals surface area contributed by atoms with Crippen LogP contribution in [0.1, 0.15) is 0 Å². The Morgan fingerprint density at radius 3 is 2.12 bits per heavy atom. The van der Waals surface area contributed by atoms with Crippen LogP contribution in [0.3, 0.4) is 0 Å². The van der Waals surface area contributed by atoms with Crippen molar-refractivity contribution in [2.24, 2.45) is 0 Å². The van der Waals surface area contributed by atoms with Gasteiger partial charge in [0.15, 0.2) is 8.32 Å². The van der Waals surface area contributed by atoms with E-state index in [2.05, 4.69) is 19.6 Å². The van der Waals surface area contributed by atoms with Crippen LogP contribution in [0, 0.1) is 0 Å². The second-order valence-electron chi connectivity index (χ2n) is 2.59. The molecule has 0 atom stereocenters. The van der Waals surface area contributed by atoms with Crippen LogP contribution in [0.4, 0.5) is 0 Å². The fraction of sp³-hybridized carbons (Fsp3) is 0.800. The van der Waals surface area contributed by atoms with Crippen LogP contribution in [0.15, 0.2) is 0 Å². The number of carbonyl (C=O) groups is 1. The van der Waals surface area contributed by atoms with Gasteiger partial charge in [0.25, 0.3) is 0 Å². The lowest BCUT2D eigenvalue weighted by Crippen LogP contribution is -2.26. The molecule has 0 saturated carbocycles. The third-order valence-electron chi connectivity index (χ3n) is 0.584. The van der Waals surface area contributed by atoms with Crippen molar-refractivity contribution >= 4 is 14.6 Å². The molecule has 0 aliphatic carbocycles. The molecule has 0 aromatic rings. The van der Waals surface area contributed by atoms with E-state index in [0.29, 0.717) is 0 Å². The zero-order chi connectivity index (χ0) is 6.62. The summed E-state index contributed by atoms with van der Waals surface area (Å²) in [7, 11) is -1.41. The predicted octanol–water partition coefficient (Wildman–Crippen LogP) is 1.04. The van der Waals surface area contributed by atoms with Gasteiger partial charge >= 0.3 is 0 Å². The summed E-state index contributed by atoms with van der Waals surface area (Å²) >= 11 is 0. The molecule has 0 heterocycles. The molecular formula is C5H12O2Si. The van der Waals surface area contributed by atoms with E-state index in [9.17, 15) is 4.79 Å². The van der Waals surface area contributed by atoms with Gasteiger partial charge in [0.1, 0.15) is 6.29 Å². The summed E-state index contributed by atoms with van der Waals surface area (Å²) in [5, 5.41) is 0. The highest BCUT2D eigenvalue weighted by Crippen LogP contribution is 1.99. The van der Waals surface area contributed by atoms with Crippen molar-refractivity contribution < 1.29 is 9.22 Å². The van der Waals surface area contributed by atoms with Gasteiger partial charge in [-0.05, 0) is 19.6 Å². The Kier molecular flexibility index (Phi) is 2.93. The van der Waals surface area contributed by atoms with Crippen molar-refractivity contribution in [1.82, 2.24) is 0 Å².